The van der Waals surface area contributed by atoms with Crippen LogP contribution >= 0.6 is 11.3 Å². The van der Waals surface area contributed by atoms with E-state index in [0.717, 1.165) is 27.2 Å². The predicted octanol–water partition coefficient (Wildman–Crippen LogP) is 5.89. The summed E-state index contributed by atoms with van der Waals surface area (Å²) in [5.74, 6) is 0.101. The van der Waals surface area contributed by atoms with Gasteiger partial charge in [-0.25, -0.2) is 4.98 Å². The molecule has 180 valence electrons. The summed E-state index contributed by atoms with van der Waals surface area (Å²) in [5, 5.41) is 16.0. The summed E-state index contributed by atoms with van der Waals surface area (Å²) in [4.78, 5) is 30.4. The molecule has 0 saturated heterocycles. The molecule has 0 atom stereocenters. The minimum absolute atomic E-state index is 0.00965. The zero-order valence-electron chi connectivity index (χ0n) is 20.1. The van der Waals surface area contributed by atoms with Crippen LogP contribution in [-0.2, 0) is 11.3 Å². The van der Waals surface area contributed by atoms with Gasteiger partial charge in [0.15, 0.2) is 5.13 Å². The number of amides is 1. The predicted molar refractivity (Wildman–Crippen MR) is 140 cm³/mol. The zero-order chi connectivity index (χ0) is 25.1. The van der Waals surface area contributed by atoms with Gasteiger partial charge in [0.1, 0.15) is 0 Å². The van der Waals surface area contributed by atoms with Crippen LogP contribution in [0.2, 0.25) is 0 Å². The van der Waals surface area contributed by atoms with Gasteiger partial charge in [-0.1, -0.05) is 37.3 Å². The van der Waals surface area contributed by atoms with Crippen molar-refractivity contribution in [3.8, 4) is 0 Å². The first-order valence-corrected chi connectivity index (χ1v) is 12.2. The summed E-state index contributed by atoms with van der Waals surface area (Å²) in [6, 6.07) is 14.2. The highest BCUT2D eigenvalue weighted by Gasteiger charge is 2.20. The number of nitro benzene ring substituents is 1. The van der Waals surface area contributed by atoms with E-state index in [1.165, 1.54) is 29.5 Å². The van der Waals surface area contributed by atoms with Crippen molar-refractivity contribution < 1.29 is 9.72 Å². The van der Waals surface area contributed by atoms with Gasteiger partial charge in [-0.3, -0.25) is 24.5 Å². The number of fused-ring (bicyclic) bond motifs is 1. The van der Waals surface area contributed by atoms with E-state index in [9.17, 15) is 14.9 Å². The van der Waals surface area contributed by atoms with E-state index in [1.807, 2.05) is 36.7 Å². The molecule has 2 aromatic heterocycles. The van der Waals surface area contributed by atoms with Gasteiger partial charge in [0.25, 0.3) is 11.6 Å². The van der Waals surface area contributed by atoms with E-state index in [1.54, 1.807) is 23.1 Å². The molecule has 8 nitrogen and oxygen atoms in total. The van der Waals surface area contributed by atoms with Crippen molar-refractivity contribution in [2.75, 3.05) is 11.4 Å². The fourth-order valence-electron chi connectivity index (χ4n) is 3.90. The third-order valence-electron chi connectivity index (χ3n) is 5.72. The molecule has 1 amide bonds. The largest absolute Gasteiger partial charge is 0.283 e. The number of hydrogen-bond donors (Lipinski definition) is 0. The third kappa shape index (κ3) is 5.46. The van der Waals surface area contributed by atoms with E-state index in [4.69, 9.17) is 4.98 Å². The minimum Gasteiger partial charge on any atom is -0.283 e. The lowest BCUT2D eigenvalue weighted by Gasteiger charge is -2.18. The summed E-state index contributed by atoms with van der Waals surface area (Å²) in [5.41, 5.74) is 4.75. The number of aryl methyl sites for hydroxylation is 2. The molecule has 2 heterocycles. The van der Waals surface area contributed by atoms with Crippen molar-refractivity contribution in [1.82, 2.24) is 14.8 Å². The molecular weight excluding hydrogens is 462 g/mol. The molecule has 0 saturated carbocycles. The van der Waals surface area contributed by atoms with Crippen LogP contribution in [0.25, 0.3) is 16.3 Å². The number of carbonyl (C=O) groups excluding carboxylic acids is 1. The first-order valence-electron chi connectivity index (χ1n) is 11.4. The van der Waals surface area contributed by atoms with Crippen LogP contribution in [0.4, 0.5) is 10.8 Å². The quantitative estimate of drug-likeness (QED) is 0.175. The lowest BCUT2D eigenvalue weighted by Crippen LogP contribution is -2.33. The van der Waals surface area contributed by atoms with Crippen LogP contribution in [0, 0.1) is 24.0 Å². The molecule has 4 rings (SSSR count). The first kappa shape index (κ1) is 24.3. The maximum Gasteiger partial charge on any atom is 0.269 e. The van der Waals surface area contributed by atoms with Gasteiger partial charge in [-0.2, -0.15) is 5.10 Å². The highest BCUT2D eigenvalue weighted by molar-refractivity contribution is 7.22. The number of thiazole rings is 1. The van der Waals surface area contributed by atoms with E-state index >= 15 is 0 Å². The number of benzene rings is 2. The Balaban J connectivity index is 1.65. The molecule has 9 heteroatoms. The molecule has 0 radical (unpaired) electrons. The van der Waals surface area contributed by atoms with Gasteiger partial charge in [0.2, 0.25) is 0 Å². The minimum atomic E-state index is -0.447. The van der Waals surface area contributed by atoms with Crippen LogP contribution in [0.5, 0.6) is 0 Å². The normalized spacial score (nSPS) is 11.6. The highest BCUT2D eigenvalue weighted by Crippen LogP contribution is 2.33. The number of hydrogen-bond acceptors (Lipinski definition) is 6. The van der Waals surface area contributed by atoms with Crippen molar-refractivity contribution in [3.63, 3.8) is 0 Å². The number of aromatic nitrogens is 3. The summed E-state index contributed by atoms with van der Waals surface area (Å²) >= 11 is 1.49. The number of nitrogens with zero attached hydrogens (tertiary/aromatic N) is 5. The second-order valence-corrected chi connectivity index (χ2v) is 9.68. The van der Waals surface area contributed by atoms with Crippen molar-refractivity contribution in [1.29, 1.82) is 0 Å². The Bertz CT molecular complexity index is 1400. The Morgan fingerprint density at radius 1 is 1.20 bits per heavy atom. The van der Waals surface area contributed by atoms with Crippen LogP contribution in [0.1, 0.15) is 42.3 Å². The Morgan fingerprint density at radius 2 is 1.94 bits per heavy atom. The number of non-ortho nitro benzene ring substituents is 1. The molecule has 4 aromatic rings. The van der Waals surface area contributed by atoms with Crippen LogP contribution < -0.4 is 4.90 Å². The standard InChI is InChI=1S/C26H27N5O3S/c1-17(2)22-6-5-7-23-25(22)27-26(35-23)29(14-15-30-19(4)16-18(3)28-30)24(32)13-10-20-8-11-21(12-9-20)31(33)34/h5-13,16-17H,14-15H2,1-4H3/b13-10+. The van der Waals surface area contributed by atoms with Gasteiger partial charge in [-0.05, 0) is 61.2 Å². The average Bonchev–Trinajstić information content (AvgIpc) is 3.39. The first-order chi connectivity index (χ1) is 16.7. The SMILES string of the molecule is Cc1cc(C)n(CCN(C(=O)/C=C/c2ccc([N+](=O)[O-])cc2)c2nc3c(C(C)C)cccc3s2)n1. The van der Waals surface area contributed by atoms with Crippen molar-refractivity contribution >= 4 is 44.4 Å². The van der Waals surface area contributed by atoms with Crippen LogP contribution in [-0.4, -0.2) is 32.1 Å². The molecule has 35 heavy (non-hydrogen) atoms. The monoisotopic (exact) mass is 489 g/mol. The van der Waals surface area contributed by atoms with E-state index in [2.05, 4.69) is 25.0 Å². The zero-order valence-corrected chi connectivity index (χ0v) is 21.0. The summed E-state index contributed by atoms with van der Waals surface area (Å²) in [7, 11) is 0. The Labute approximate surface area is 207 Å². The van der Waals surface area contributed by atoms with Gasteiger partial charge in [0, 0.05) is 30.4 Å². The molecule has 0 spiro atoms. The molecule has 2 aromatic carbocycles. The molecule has 0 bridgehead atoms. The maximum absolute atomic E-state index is 13.4. The Hall–Kier alpha value is -3.85. The van der Waals surface area contributed by atoms with Crippen LogP contribution in [0.3, 0.4) is 0 Å². The molecule has 0 N–H and O–H groups in total. The lowest BCUT2D eigenvalue weighted by molar-refractivity contribution is -0.384. The highest BCUT2D eigenvalue weighted by atomic mass is 32.1. The third-order valence-corrected chi connectivity index (χ3v) is 6.76. The molecule has 0 unspecified atom stereocenters. The number of nitro groups is 1. The summed E-state index contributed by atoms with van der Waals surface area (Å²) < 4.78 is 2.93. The van der Waals surface area contributed by atoms with Crippen molar-refractivity contribution in [3.05, 3.63) is 87.2 Å². The van der Waals surface area contributed by atoms with E-state index in [-0.39, 0.29) is 11.6 Å². The Morgan fingerprint density at radius 3 is 2.57 bits per heavy atom. The number of carbonyl (C=O) groups is 1. The van der Waals surface area contributed by atoms with Gasteiger partial charge >= 0.3 is 0 Å². The molecule has 0 fully saturated rings. The lowest BCUT2D eigenvalue weighted by atomic mass is 10.0. The van der Waals surface area contributed by atoms with Gasteiger partial charge < -0.3 is 0 Å². The molecular formula is C26H27N5O3S. The summed E-state index contributed by atoms with van der Waals surface area (Å²) in [6.45, 7) is 9.14. The second kappa shape index (κ2) is 10.2. The fourth-order valence-corrected chi connectivity index (χ4v) is 4.93. The number of rotatable bonds is 8. The van der Waals surface area contributed by atoms with Crippen LogP contribution in [0.15, 0.2) is 54.6 Å². The number of para-hydroxylation sites is 1. The average molecular weight is 490 g/mol. The Kier molecular flexibility index (Phi) is 7.07. The van der Waals surface area contributed by atoms with E-state index < -0.39 is 4.92 Å². The smallest absolute Gasteiger partial charge is 0.269 e. The number of anilines is 1. The topological polar surface area (TPSA) is 94.2 Å². The van der Waals surface area contributed by atoms with Gasteiger partial charge in [0.05, 0.1) is 27.4 Å². The fraction of sp³-hybridized carbons (Fsp3) is 0.269. The molecule has 0 aliphatic carbocycles. The van der Waals surface area contributed by atoms with E-state index in [0.29, 0.717) is 29.7 Å². The maximum atomic E-state index is 13.4. The summed E-state index contributed by atoms with van der Waals surface area (Å²) in [6.07, 6.45) is 3.15. The van der Waals surface area contributed by atoms with Crippen molar-refractivity contribution in [2.24, 2.45) is 0 Å². The van der Waals surface area contributed by atoms with Gasteiger partial charge in [-0.15, -0.1) is 0 Å². The molecule has 0 aliphatic heterocycles. The van der Waals surface area contributed by atoms with Crippen molar-refractivity contribution in [2.45, 2.75) is 40.2 Å². The molecule has 0 aliphatic rings. The second-order valence-electron chi connectivity index (χ2n) is 8.67.